The molecule has 0 saturated carbocycles. The maximum Gasteiger partial charge on any atom is 0.138 e. The van der Waals surface area contributed by atoms with Crippen LogP contribution in [0.25, 0.3) is 0 Å². The molecule has 0 N–H and O–H groups in total. The normalized spacial score (nSPS) is 22.1. The Morgan fingerprint density at radius 2 is 1.90 bits per heavy atom. The van der Waals surface area contributed by atoms with Gasteiger partial charge in [-0.15, -0.1) is 0 Å². The summed E-state index contributed by atoms with van der Waals surface area (Å²) >= 11 is 18.3. The molecule has 152 valence electrons. The summed E-state index contributed by atoms with van der Waals surface area (Å²) in [5.74, 6) is 0.584. The monoisotopic (exact) mass is 451 g/mol. The number of hydroxylamine groups is 2. The molecule has 1 saturated heterocycles. The molecule has 2 aromatic carbocycles. The van der Waals surface area contributed by atoms with Crippen molar-refractivity contribution in [3.05, 3.63) is 81.8 Å². The third-order valence-electron chi connectivity index (χ3n) is 5.18. The summed E-state index contributed by atoms with van der Waals surface area (Å²) in [7, 11) is 1.95. The van der Waals surface area contributed by atoms with E-state index in [4.69, 9.17) is 44.4 Å². The third-order valence-corrected chi connectivity index (χ3v) is 5.96. The number of rotatable bonds is 6. The second kappa shape index (κ2) is 8.54. The number of ether oxygens (including phenoxy) is 1. The molecule has 0 radical (unpaired) electrons. The van der Waals surface area contributed by atoms with Gasteiger partial charge in [-0.25, -0.2) is 4.98 Å². The third kappa shape index (κ3) is 4.39. The number of halogens is 3. The van der Waals surface area contributed by atoms with E-state index >= 15 is 0 Å². The van der Waals surface area contributed by atoms with E-state index in [2.05, 4.69) is 4.98 Å². The number of benzene rings is 2. The molecule has 0 amide bonds. The second-order valence-corrected chi connectivity index (χ2v) is 8.37. The average Bonchev–Trinajstić information content (AvgIpc) is 3.30. The Hall–Kier alpha value is -1.76. The molecular weight excluding hydrogens is 433 g/mol. The fourth-order valence-electron chi connectivity index (χ4n) is 3.73. The first-order chi connectivity index (χ1) is 14.0. The van der Waals surface area contributed by atoms with Crippen LogP contribution in [0.4, 0.5) is 0 Å². The first-order valence-electron chi connectivity index (χ1n) is 9.16. The zero-order valence-corrected chi connectivity index (χ0v) is 18.0. The minimum absolute atomic E-state index is 0.147. The van der Waals surface area contributed by atoms with Crippen LogP contribution >= 0.6 is 34.8 Å². The highest BCUT2D eigenvalue weighted by molar-refractivity contribution is 6.35. The van der Waals surface area contributed by atoms with Crippen molar-refractivity contribution in [1.82, 2.24) is 14.6 Å². The molecule has 29 heavy (non-hydrogen) atoms. The van der Waals surface area contributed by atoms with Crippen molar-refractivity contribution in [2.75, 3.05) is 13.7 Å². The summed E-state index contributed by atoms with van der Waals surface area (Å²) in [5.41, 5.74) is 0.730. The van der Waals surface area contributed by atoms with Gasteiger partial charge >= 0.3 is 0 Å². The average molecular weight is 453 g/mol. The highest BCUT2D eigenvalue weighted by atomic mass is 35.5. The fourth-order valence-corrected chi connectivity index (χ4v) is 4.32. The van der Waals surface area contributed by atoms with E-state index in [9.17, 15) is 0 Å². The Kier molecular flexibility index (Phi) is 6.04. The van der Waals surface area contributed by atoms with Crippen LogP contribution in [0.2, 0.25) is 15.1 Å². The van der Waals surface area contributed by atoms with Gasteiger partial charge in [-0.2, -0.15) is 5.06 Å². The first-order valence-corrected chi connectivity index (χ1v) is 10.3. The minimum Gasteiger partial charge on any atom is -0.489 e. The molecule has 2 atom stereocenters. The summed E-state index contributed by atoms with van der Waals surface area (Å²) in [5, 5.41) is 3.66. The number of hydrogen-bond donors (Lipinski definition) is 0. The van der Waals surface area contributed by atoms with E-state index in [0.717, 1.165) is 12.0 Å². The zero-order valence-electron chi connectivity index (χ0n) is 15.8. The molecule has 5 nitrogen and oxygen atoms in total. The van der Waals surface area contributed by atoms with Gasteiger partial charge in [0, 0.05) is 42.5 Å². The largest absolute Gasteiger partial charge is 0.489 e. The summed E-state index contributed by atoms with van der Waals surface area (Å²) in [6.45, 7) is 1.05. The van der Waals surface area contributed by atoms with Gasteiger partial charge in [0.15, 0.2) is 0 Å². The molecule has 4 rings (SSSR count). The molecule has 0 bridgehead atoms. The maximum atomic E-state index is 6.22. The molecule has 3 aromatic rings. The Labute approximate surface area is 184 Å². The Bertz CT molecular complexity index is 966. The van der Waals surface area contributed by atoms with Crippen molar-refractivity contribution in [3.63, 3.8) is 0 Å². The molecule has 0 aliphatic carbocycles. The van der Waals surface area contributed by atoms with Crippen molar-refractivity contribution >= 4 is 34.8 Å². The highest BCUT2D eigenvalue weighted by Gasteiger charge is 2.47. The van der Waals surface area contributed by atoms with Gasteiger partial charge in [0.25, 0.3) is 0 Å². The van der Waals surface area contributed by atoms with Crippen LogP contribution in [-0.2, 0) is 16.9 Å². The lowest BCUT2D eigenvalue weighted by Crippen LogP contribution is -2.41. The fraction of sp³-hybridized carbons (Fsp3) is 0.286. The summed E-state index contributed by atoms with van der Waals surface area (Å²) < 4.78 is 7.97. The lowest BCUT2D eigenvalue weighted by atomic mass is 9.85. The zero-order chi connectivity index (χ0) is 20.4. The van der Waals surface area contributed by atoms with Gasteiger partial charge < -0.3 is 9.30 Å². The molecule has 0 spiro atoms. The van der Waals surface area contributed by atoms with Crippen molar-refractivity contribution in [3.8, 4) is 5.75 Å². The summed E-state index contributed by atoms with van der Waals surface area (Å²) in [6, 6.07) is 13.1. The van der Waals surface area contributed by atoms with Crippen LogP contribution in [0, 0.1) is 0 Å². The lowest BCUT2D eigenvalue weighted by molar-refractivity contribution is -0.179. The molecule has 1 fully saturated rings. The van der Waals surface area contributed by atoms with Crippen LogP contribution in [0.3, 0.4) is 0 Å². The minimum atomic E-state index is -0.386. The van der Waals surface area contributed by atoms with Crippen molar-refractivity contribution < 1.29 is 9.57 Å². The van der Waals surface area contributed by atoms with Crippen molar-refractivity contribution in [1.29, 1.82) is 0 Å². The smallest absolute Gasteiger partial charge is 0.138 e. The Morgan fingerprint density at radius 1 is 1.14 bits per heavy atom. The maximum absolute atomic E-state index is 6.22. The van der Waals surface area contributed by atoms with E-state index in [-0.39, 0.29) is 11.6 Å². The molecule has 1 aromatic heterocycles. The van der Waals surface area contributed by atoms with E-state index in [0.29, 0.717) is 34.0 Å². The number of nitrogens with zero attached hydrogens (tertiary/aromatic N) is 3. The highest BCUT2D eigenvalue weighted by Crippen LogP contribution is 2.41. The van der Waals surface area contributed by atoms with Gasteiger partial charge in [0.2, 0.25) is 0 Å². The quantitative estimate of drug-likeness (QED) is 0.498. The van der Waals surface area contributed by atoms with Crippen LogP contribution in [-0.4, -0.2) is 34.4 Å². The Morgan fingerprint density at radius 3 is 2.59 bits per heavy atom. The number of hydrogen-bond acceptors (Lipinski definition) is 4. The van der Waals surface area contributed by atoms with E-state index < -0.39 is 0 Å². The first kappa shape index (κ1) is 20.5. The molecule has 2 heterocycles. The molecule has 8 heteroatoms. The van der Waals surface area contributed by atoms with Crippen LogP contribution < -0.4 is 4.74 Å². The van der Waals surface area contributed by atoms with Crippen molar-refractivity contribution in [2.45, 2.75) is 24.6 Å². The van der Waals surface area contributed by atoms with Gasteiger partial charge in [0.05, 0.1) is 16.9 Å². The molecule has 1 aliphatic rings. The summed E-state index contributed by atoms with van der Waals surface area (Å²) in [4.78, 5) is 10.3. The Balaban J connectivity index is 1.56. The predicted octanol–water partition coefficient (Wildman–Crippen LogP) is 5.45. The topological polar surface area (TPSA) is 39.5 Å². The second-order valence-electron chi connectivity index (χ2n) is 7.09. The van der Waals surface area contributed by atoms with Crippen LogP contribution in [0.5, 0.6) is 5.75 Å². The lowest BCUT2D eigenvalue weighted by Gasteiger charge is -2.34. The van der Waals surface area contributed by atoms with Crippen LogP contribution in [0.15, 0.2) is 61.2 Å². The SMILES string of the molecule is CN1OC(COc2ccc(Cl)cc2Cl)CC1(Cn1ccnc1)c1ccc(Cl)cc1. The molecule has 2 unspecified atom stereocenters. The van der Waals surface area contributed by atoms with Gasteiger partial charge in [-0.05, 0) is 35.9 Å². The van der Waals surface area contributed by atoms with E-state index in [1.165, 1.54) is 0 Å². The summed E-state index contributed by atoms with van der Waals surface area (Å²) in [6.07, 6.45) is 6.11. The van der Waals surface area contributed by atoms with Crippen LogP contribution in [0.1, 0.15) is 12.0 Å². The standard InChI is InChI=1S/C21H20Cl3N3O2/c1-26-21(13-27-9-8-25-14-27,15-2-4-16(22)5-3-15)11-18(29-26)12-28-20-7-6-17(23)10-19(20)24/h2-10,14,18H,11-13H2,1H3. The van der Waals surface area contributed by atoms with Gasteiger partial charge in [-0.3, -0.25) is 4.84 Å². The van der Waals surface area contributed by atoms with Crippen molar-refractivity contribution in [2.24, 2.45) is 0 Å². The van der Waals surface area contributed by atoms with Gasteiger partial charge in [-0.1, -0.05) is 46.9 Å². The van der Waals surface area contributed by atoms with E-state index in [1.54, 1.807) is 24.4 Å². The predicted molar refractivity (Wildman–Crippen MR) is 115 cm³/mol. The molecule has 1 aliphatic heterocycles. The van der Waals surface area contributed by atoms with Gasteiger partial charge in [0.1, 0.15) is 18.5 Å². The van der Waals surface area contributed by atoms with E-state index in [1.807, 2.05) is 53.5 Å². The number of likely N-dealkylation sites (N-methyl/N-ethyl adjacent to an activating group) is 1. The molecular formula is C21H20Cl3N3O2. The number of imidazole rings is 1. The number of aromatic nitrogens is 2.